The minimum absolute atomic E-state index is 0.0940. The third kappa shape index (κ3) is 4.13. The first-order chi connectivity index (χ1) is 7.63. The van der Waals surface area contributed by atoms with E-state index in [-0.39, 0.29) is 12.5 Å². The lowest BCUT2D eigenvalue weighted by molar-refractivity contribution is -0.143. The Morgan fingerprint density at radius 3 is 2.81 bits per heavy atom. The molecule has 0 bridgehead atoms. The highest BCUT2D eigenvalue weighted by molar-refractivity contribution is 5.83. The number of hydrogen-bond donors (Lipinski definition) is 4. The molecule has 0 radical (unpaired) electrons. The number of aliphatic carboxylic acids is 1. The summed E-state index contributed by atoms with van der Waals surface area (Å²) in [6.45, 7) is 1.25. The third-order valence-electron chi connectivity index (χ3n) is 2.23. The van der Waals surface area contributed by atoms with Gasteiger partial charge >= 0.3 is 5.97 Å². The van der Waals surface area contributed by atoms with Gasteiger partial charge in [0, 0.05) is 13.1 Å². The Morgan fingerprint density at radius 1 is 1.56 bits per heavy atom. The van der Waals surface area contributed by atoms with Crippen LogP contribution < -0.4 is 10.6 Å². The molecule has 2 atom stereocenters. The molecule has 0 aromatic carbocycles. The summed E-state index contributed by atoms with van der Waals surface area (Å²) in [7, 11) is 0. The van der Waals surface area contributed by atoms with Crippen LogP contribution in [0.4, 0.5) is 0 Å². The van der Waals surface area contributed by atoms with Gasteiger partial charge in [0.15, 0.2) is 0 Å². The number of carboxylic acids is 1. The predicted molar refractivity (Wildman–Crippen MR) is 53.9 cm³/mol. The monoisotopic (exact) mass is 232 g/mol. The molecule has 1 aliphatic heterocycles. The second-order valence-corrected chi connectivity index (χ2v) is 3.54. The van der Waals surface area contributed by atoms with Crippen molar-refractivity contribution < 1.29 is 24.5 Å². The van der Waals surface area contributed by atoms with Crippen molar-refractivity contribution >= 4 is 11.9 Å². The molecule has 1 rings (SSSR count). The fraction of sp³-hybridized carbons (Fsp3) is 0.778. The summed E-state index contributed by atoms with van der Waals surface area (Å²) < 4.78 is 5.29. The average molecular weight is 232 g/mol. The van der Waals surface area contributed by atoms with Crippen molar-refractivity contribution in [1.82, 2.24) is 10.6 Å². The Kier molecular flexibility index (Phi) is 5.17. The topological polar surface area (TPSA) is 108 Å². The summed E-state index contributed by atoms with van der Waals surface area (Å²) in [5, 5.41) is 22.6. The molecular formula is C9H16N2O5. The van der Waals surface area contributed by atoms with E-state index in [9.17, 15) is 9.59 Å². The number of amides is 1. The molecule has 7 heteroatoms. The summed E-state index contributed by atoms with van der Waals surface area (Å²) in [6, 6.07) is -1.25. The molecular weight excluding hydrogens is 216 g/mol. The Hall–Kier alpha value is -1.18. The summed E-state index contributed by atoms with van der Waals surface area (Å²) in [5.41, 5.74) is 0. The van der Waals surface area contributed by atoms with Gasteiger partial charge in [-0.1, -0.05) is 0 Å². The van der Waals surface area contributed by atoms with Gasteiger partial charge < -0.3 is 25.6 Å². The van der Waals surface area contributed by atoms with Gasteiger partial charge in [0.2, 0.25) is 5.91 Å². The number of carboxylic acid groups (broad SMARTS) is 1. The van der Waals surface area contributed by atoms with Gasteiger partial charge in [-0.15, -0.1) is 0 Å². The van der Waals surface area contributed by atoms with Crippen molar-refractivity contribution in [2.45, 2.75) is 18.6 Å². The van der Waals surface area contributed by atoms with Gasteiger partial charge in [-0.05, 0) is 0 Å². The first kappa shape index (κ1) is 12.9. The number of aliphatic hydroxyl groups excluding tert-OH is 1. The van der Waals surface area contributed by atoms with Crippen molar-refractivity contribution in [3.63, 3.8) is 0 Å². The van der Waals surface area contributed by atoms with E-state index in [1.165, 1.54) is 0 Å². The molecule has 0 saturated carbocycles. The number of rotatable bonds is 5. The smallest absolute Gasteiger partial charge is 0.328 e. The first-order valence-electron chi connectivity index (χ1n) is 5.09. The SMILES string of the molecule is O=C(CC1CNCCO1)N[C@H](CO)C(=O)O. The van der Waals surface area contributed by atoms with Crippen molar-refractivity contribution in [2.24, 2.45) is 0 Å². The molecule has 0 aliphatic carbocycles. The number of morpholine rings is 1. The van der Waals surface area contributed by atoms with Crippen LogP contribution in [0, 0.1) is 0 Å². The van der Waals surface area contributed by atoms with E-state index in [4.69, 9.17) is 14.9 Å². The van der Waals surface area contributed by atoms with Gasteiger partial charge in [-0.25, -0.2) is 4.79 Å². The Balaban J connectivity index is 2.31. The van der Waals surface area contributed by atoms with E-state index in [2.05, 4.69) is 10.6 Å². The van der Waals surface area contributed by atoms with Crippen LogP contribution in [0.5, 0.6) is 0 Å². The lowest BCUT2D eigenvalue weighted by atomic mass is 10.2. The highest BCUT2D eigenvalue weighted by Crippen LogP contribution is 2.01. The van der Waals surface area contributed by atoms with Gasteiger partial charge in [0.25, 0.3) is 0 Å². The highest BCUT2D eigenvalue weighted by atomic mass is 16.5. The molecule has 1 heterocycles. The average Bonchev–Trinajstić information content (AvgIpc) is 2.27. The van der Waals surface area contributed by atoms with Crippen LogP contribution >= 0.6 is 0 Å². The zero-order valence-electron chi connectivity index (χ0n) is 8.81. The van der Waals surface area contributed by atoms with Crippen molar-refractivity contribution in [1.29, 1.82) is 0 Å². The van der Waals surface area contributed by atoms with Crippen LogP contribution in [-0.2, 0) is 14.3 Å². The number of nitrogens with one attached hydrogen (secondary N) is 2. The maximum absolute atomic E-state index is 11.4. The summed E-state index contributed by atoms with van der Waals surface area (Å²) >= 11 is 0. The zero-order chi connectivity index (χ0) is 12.0. The molecule has 1 amide bonds. The number of carbonyl (C=O) groups excluding carboxylic acids is 1. The summed E-state index contributed by atoms with van der Waals surface area (Å²) in [6.07, 6.45) is -0.140. The summed E-state index contributed by atoms with van der Waals surface area (Å²) in [4.78, 5) is 21.9. The van der Waals surface area contributed by atoms with E-state index >= 15 is 0 Å². The van der Waals surface area contributed by atoms with Crippen LogP contribution in [0.3, 0.4) is 0 Å². The molecule has 16 heavy (non-hydrogen) atoms. The summed E-state index contributed by atoms with van der Waals surface area (Å²) in [5.74, 6) is -1.69. The quantitative estimate of drug-likeness (QED) is 0.433. The molecule has 7 nitrogen and oxygen atoms in total. The van der Waals surface area contributed by atoms with E-state index in [0.29, 0.717) is 13.2 Å². The molecule has 92 valence electrons. The van der Waals surface area contributed by atoms with Crippen molar-refractivity contribution in [2.75, 3.05) is 26.3 Å². The van der Waals surface area contributed by atoms with Gasteiger partial charge in [0.05, 0.1) is 25.7 Å². The van der Waals surface area contributed by atoms with Crippen molar-refractivity contribution in [3.05, 3.63) is 0 Å². The lowest BCUT2D eigenvalue weighted by Gasteiger charge is -2.23. The maximum atomic E-state index is 11.4. The molecule has 0 aromatic heterocycles. The van der Waals surface area contributed by atoms with Crippen LogP contribution in [0.15, 0.2) is 0 Å². The van der Waals surface area contributed by atoms with Crippen LogP contribution in [-0.4, -0.2) is 60.5 Å². The fourth-order valence-electron chi connectivity index (χ4n) is 1.40. The van der Waals surface area contributed by atoms with E-state index in [1.807, 2.05) is 0 Å². The molecule has 1 aliphatic rings. The second kappa shape index (κ2) is 6.41. The standard InChI is InChI=1S/C9H16N2O5/c12-5-7(9(14)15)11-8(13)3-6-4-10-1-2-16-6/h6-7,10,12H,1-5H2,(H,11,13)(H,14,15)/t6?,7-/m1/s1. The van der Waals surface area contributed by atoms with Crippen LogP contribution in [0.1, 0.15) is 6.42 Å². The molecule has 4 N–H and O–H groups in total. The third-order valence-corrected chi connectivity index (χ3v) is 2.23. The zero-order valence-corrected chi connectivity index (χ0v) is 8.81. The van der Waals surface area contributed by atoms with Gasteiger partial charge in [0.1, 0.15) is 6.04 Å². The minimum Gasteiger partial charge on any atom is -0.480 e. The second-order valence-electron chi connectivity index (χ2n) is 3.54. The molecule has 1 fully saturated rings. The van der Waals surface area contributed by atoms with E-state index in [0.717, 1.165) is 6.54 Å². The highest BCUT2D eigenvalue weighted by Gasteiger charge is 2.22. The molecule has 0 aromatic rings. The molecule has 0 spiro atoms. The molecule has 1 unspecified atom stereocenters. The predicted octanol–water partition coefficient (Wildman–Crippen LogP) is -2.07. The lowest BCUT2D eigenvalue weighted by Crippen LogP contribution is -2.46. The normalized spacial score (nSPS) is 22.4. The number of hydrogen-bond acceptors (Lipinski definition) is 5. The minimum atomic E-state index is -1.25. The largest absolute Gasteiger partial charge is 0.480 e. The van der Waals surface area contributed by atoms with E-state index < -0.39 is 24.5 Å². The fourth-order valence-corrected chi connectivity index (χ4v) is 1.40. The van der Waals surface area contributed by atoms with Crippen LogP contribution in [0.25, 0.3) is 0 Å². The maximum Gasteiger partial charge on any atom is 0.328 e. The Morgan fingerprint density at radius 2 is 2.31 bits per heavy atom. The van der Waals surface area contributed by atoms with Crippen LogP contribution in [0.2, 0.25) is 0 Å². The van der Waals surface area contributed by atoms with E-state index in [1.54, 1.807) is 0 Å². The van der Waals surface area contributed by atoms with Gasteiger partial charge in [-0.2, -0.15) is 0 Å². The Bertz CT molecular complexity index is 252. The number of aliphatic hydroxyl groups is 1. The van der Waals surface area contributed by atoms with Crippen molar-refractivity contribution in [3.8, 4) is 0 Å². The first-order valence-corrected chi connectivity index (χ1v) is 5.09. The number of carbonyl (C=O) groups is 2. The Labute approximate surface area is 92.8 Å². The number of ether oxygens (including phenoxy) is 1. The molecule has 1 saturated heterocycles. The van der Waals surface area contributed by atoms with Gasteiger partial charge in [-0.3, -0.25) is 4.79 Å².